The summed E-state index contributed by atoms with van der Waals surface area (Å²) in [5.74, 6) is -1.26. The topological polar surface area (TPSA) is 52.6 Å². The molecule has 4 aliphatic rings. The lowest BCUT2D eigenvalue weighted by Crippen LogP contribution is -2.70. The Balaban J connectivity index is 2.27. The van der Waals surface area contributed by atoms with E-state index in [1.807, 2.05) is 19.1 Å². The van der Waals surface area contributed by atoms with Gasteiger partial charge in [-0.2, -0.15) is 0 Å². The van der Waals surface area contributed by atoms with Crippen molar-refractivity contribution in [3.05, 3.63) is 22.3 Å². The third-order valence-electron chi connectivity index (χ3n) is 6.39. The molecule has 1 saturated carbocycles. The lowest BCUT2D eigenvalue weighted by Gasteiger charge is -2.64. The van der Waals surface area contributed by atoms with Gasteiger partial charge in [0, 0.05) is 14.9 Å². The molecule has 5 heteroatoms. The molecule has 2 bridgehead atoms. The SMILES string of the molecule is C=CC1(C)CC[C@H]2C(C)(C)C3C=C(I)[C@]2(OC3=O)[C@H]1C(=O)OC. The van der Waals surface area contributed by atoms with Crippen molar-refractivity contribution in [1.29, 1.82) is 0 Å². The van der Waals surface area contributed by atoms with Crippen LogP contribution < -0.4 is 0 Å². The van der Waals surface area contributed by atoms with Gasteiger partial charge in [-0.15, -0.1) is 6.58 Å². The van der Waals surface area contributed by atoms with Crippen molar-refractivity contribution in [2.45, 2.75) is 39.2 Å². The Kier molecular flexibility index (Phi) is 3.75. The van der Waals surface area contributed by atoms with E-state index in [0.717, 1.165) is 16.4 Å². The predicted molar refractivity (Wildman–Crippen MR) is 94.7 cm³/mol. The Bertz CT molecular complexity index is 623. The molecule has 0 N–H and O–H groups in total. The number of esters is 2. The second kappa shape index (κ2) is 5.07. The zero-order chi connectivity index (χ0) is 17.2. The number of rotatable bonds is 2. The van der Waals surface area contributed by atoms with Crippen LogP contribution >= 0.6 is 22.6 Å². The zero-order valence-corrected chi connectivity index (χ0v) is 16.2. The fourth-order valence-corrected chi connectivity index (χ4v) is 6.16. The molecule has 0 aromatic rings. The number of methoxy groups -OCH3 is 1. The first-order valence-electron chi connectivity index (χ1n) is 7.97. The van der Waals surface area contributed by atoms with Gasteiger partial charge in [-0.1, -0.05) is 32.9 Å². The number of hydrogen-bond acceptors (Lipinski definition) is 4. The highest BCUT2D eigenvalue weighted by Crippen LogP contribution is 2.67. The summed E-state index contributed by atoms with van der Waals surface area (Å²) in [5.41, 5.74) is -1.63. The summed E-state index contributed by atoms with van der Waals surface area (Å²) in [6, 6.07) is 0. The van der Waals surface area contributed by atoms with E-state index >= 15 is 0 Å². The van der Waals surface area contributed by atoms with Crippen LogP contribution in [0.3, 0.4) is 0 Å². The van der Waals surface area contributed by atoms with Gasteiger partial charge in [-0.05, 0) is 40.8 Å². The Morgan fingerprint density at radius 1 is 1.48 bits per heavy atom. The maximum atomic E-state index is 12.7. The predicted octanol–water partition coefficient (Wildman–Crippen LogP) is 3.65. The molecule has 0 aromatic carbocycles. The van der Waals surface area contributed by atoms with Gasteiger partial charge in [0.05, 0.1) is 13.0 Å². The van der Waals surface area contributed by atoms with Gasteiger partial charge in [0.2, 0.25) is 0 Å². The summed E-state index contributed by atoms with van der Waals surface area (Å²) >= 11 is 2.24. The maximum Gasteiger partial charge on any atom is 0.314 e. The average molecular weight is 430 g/mol. The van der Waals surface area contributed by atoms with Gasteiger partial charge in [-0.25, -0.2) is 0 Å². The Labute approximate surface area is 150 Å². The second-order valence-corrected chi connectivity index (χ2v) is 8.95. The molecule has 126 valence electrons. The van der Waals surface area contributed by atoms with E-state index in [9.17, 15) is 9.59 Å². The number of hydrogen-bond donors (Lipinski definition) is 0. The molecule has 2 heterocycles. The number of carbonyl (C=O) groups excluding carboxylic acids is 2. The molecule has 0 aromatic heterocycles. The molecule has 2 aliphatic heterocycles. The Hall–Kier alpha value is -0.850. The van der Waals surface area contributed by atoms with Crippen molar-refractivity contribution in [2.24, 2.45) is 28.6 Å². The third kappa shape index (κ3) is 1.94. The lowest BCUT2D eigenvalue weighted by molar-refractivity contribution is -0.231. The van der Waals surface area contributed by atoms with Crippen LogP contribution in [-0.2, 0) is 19.1 Å². The zero-order valence-electron chi connectivity index (χ0n) is 14.0. The van der Waals surface area contributed by atoms with Crippen molar-refractivity contribution >= 4 is 34.5 Å². The summed E-state index contributed by atoms with van der Waals surface area (Å²) in [6.45, 7) is 10.2. The number of ether oxygens (including phenoxy) is 2. The standard InChI is InChI=1S/C18H23IO4/c1-6-17(4)8-7-11-16(2,3)10-9-12(19)18(11,23-14(10)20)13(17)15(21)22-5/h6,9-11,13H,1,7-8H2,2-5H3/t10?,11-,13-,17?,18-/m0/s1. The van der Waals surface area contributed by atoms with Crippen molar-refractivity contribution in [3.63, 3.8) is 0 Å². The van der Waals surface area contributed by atoms with E-state index < -0.39 is 16.9 Å². The van der Waals surface area contributed by atoms with Gasteiger partial charge >= 0.3 is 11.9 Å². The summed E-state index contributed by atoms with van der Waals surface area (Å²) < 4.78 is 12.1. The van der Waals surface area contributed by atoms with E-state index in [4.69, 9.17) is 9.47 Å². The number of carbonyl (C=O) groups is 2. The van der Waals surface area contributed by atoms with Crippen LogP contribution in [-0.4, -0.2) is 24.6 Å². The number of halogens is 1. The minimum absolute atomic E-state index is 0.103. The summed E-state index contributed by atoms with van der Waals surface area (Å²) in [6.07, 6.45) is 5.55. The van der Waals surface area contributed by atoms with Crippen LogP contribution in [0.5, 0.6) is 0 Å². The molecule has 0 amide bonds. The smallest absolute Gasteiger partial charge is 0.314 e. The van der Waals surface area contributed by atoms with Crippen LogP contribution in [0.25, 0.3) is 0 Å². The minimum atomic E-state index is -0.926. The van der Waals surface area contributed by atoms with Crippen molar-refractivity contribution in [1.82, 2.24) is 0 Å². The van der Waals surface area contributed by atoms with Crippen LogP contribution in [0.1, 0.15) is 33.6 Å². The van der Waals surface area contributed by atoms with E-state index in [1.54, 1.807) is 0 Å². The van der Waals surface area contributed by atoms with Crippen LogP contribution in [0.4, 0.5) is 0 Å². The minimum Gasteiger partial charge on any atom is -0.469 e. The molecular formula is C18H23IO4. The molecule has 1 spiro atoms. The van der Waals surface area contributed by atoms with E-state index in [2.05, 4.69) is 43.0 Å². The molecular weight excluding hydrogens is 407 g/mol. The fourth-order valence-electron chi connectivity index (χ4n) is 5.00. The second-order valence-electron chi connectivity index (χ2n) is 7.79. The van der Waals surface area contributed by atoms with Crippen LogP contribution in [0.2, 0.25) is 0 Å². The molecule has 2 aliphatic carbocycles. The fraction of sp³-hybridized carbons (Fsp3) is 0.667. The highest BCUT2D eigenvalue weighted by molar-refractivity contribution is 14.1. The normalized spacial score (nSPS) is 44.0. The molecule has 4 nitrogen and oxygen atoms in total. The Morgan fingerprint density at radius 3 is 2.70 bits per heavy atom. The van der Waals surface area contributed by atoms with Crippen molar-refractivity contribution < 1.29 is 19.1 Å². The lowest BCUT2D eigenvalue weighted by atomic mass is 9.46. The molecule has 5 atom stereocenters. The number of fused-ring (bicyclic) bond motifs is 1. The quantitative estimate of drug-likeness (QED) is 0.381. The van der Waals surface area contributed by atoms with Gasteiger partial charge < -0.3 is 9.47 Å². The van der Waals surface area contributed by atoms with E-state index in [0.29, 0.717) is 0 Å². The molecule has 2 unspecified atom stereocenters. The first-order valence-corrected chi connectivity index (χ1v) is 9.05. The van der Waals surface area contributed by atoms with E-state index in [1.165, 1.54) is 7.11 Å². The molecule has 2 fully saturated rings. The largest absolute Gasteiger partial charge is 0.469 e. The first-order chi connectivity index (χ1) is 10.6. The summed E-state index contributed by atoms with van der Waals surface area (Å²) in [5, 5.41) is 0. The van der Waals surface area contributed by atoms with Gasteiger partial charge in [0.15, 0.2) is 5.60 Å². The van der Waals surface area contributed by atoms with Crippen molar-refractivity contribution in [2.75, 3.05) is 7.11 Å². The van der Waals surface area contributed by atoms with Gasteiger partial charge in [0.1, 0.15) is 5.92 Å². The van der Waals surface area contributed by atoms with Gasteiger partial charge in [-0.3, -0.25) is 9.59 Å². The molecule has 23 heavy (non-hydrogen) atoms. The average Bonchev–Trinajstić information content (AvgIpc) is 2.48. The monoisotopic (exact) mass is 430 g/mol. The third-order valence-corrected chi connectivity index (χ3v) is 7.59. The van der Waals surface area contributed by atoms with Crippen molar-refractivity contribution in [3.8, 4) is 0 Å². The molecule has 4 rings (SSSR count). The molecule has 0 radical (unpaired) electrons. The summed E-state index contributed by atoms with van der Waals surface area (Å²) in [7, 11) is 1.39. The Morgan fingerprint density at radius 2 is 2.13 bits per heavy atom. The number of allylic oxidation sites excluding steroid dienone is 1. The maximum absolute atomic E-state index is 12.7. The van der Waals surface area contributed by atoms with Crippen LogP contribution in [0, 0.1) is 28.6 Å². The van der Waals surface area contributed by atoms with Gasteiger partial charge in [0.25, 0.3) is 0 Å². The summed E-state index contributed by atoms with van der Waals surface area (Å²) in [4.78, 5) is 25.3. The molecule has 1 saturated heterocycles. The highest BCUT2D eigenvalue weighted by atomic mass is 127. The van der Waals surface area contributed by atoms with E-state index in [-0.39, 0.29) is 29.2 Å². The van der Waals surface area contributed by atoms with Crippen LogP contribution in [0.15, 0.2) is 22.3 Å². The highest BCUT2D eigenvalue weighted by Gasteiger charge is 2.72. The first kappa shape index (κ1) is 17.0.